The van der Waals surface area contributed by atoms with Crippen LogP contribution in [0.5, 0.6) is 0 Å². The highest BCUT2D eigenvalue weighted by Crippen LogP contribution is 2.26. The molecule has 1 heterocycles. The summed E-state index contributed by atoms with van der Waals surface area (Å²) in [4.78, 5) is 4.98. The fourth-order valence-corrected chi connectivity index (χ4v) is 4.22. The summed E-state index contributed by atoms with van der Waals surface area (Å²) >= 11 is 12.5. The van der Waals surface area contributed by atoms with Crippen molar-refractivity contribution in [3.05, 3.63) is 94.0 Å². The molecule has 150 valence electrons. The van der Waals surface area contributed by atoms with Crippen LogP contribution < -0.4 is 10.2 Å². The van der Waals surface area contributed by atoms with Crippen LogP contribution in [0.2, 0.25) is 10.0 Å². The van der Waals surface area contributed by atoms with Crippen LogP contribution in [0.15, 0.2) is 72.8 Å². The third-order valence-corrected chi connectivity index (χ3v) is 6.09. The van der Waals surface area contributed by atoms with Gasteiger partial charge in [-0.3, -0.25) is 4.90 Å². The lowest BCUT2D eigenvalue weighted by molar-refractivity contribution is 0.250. The predicted octanol–water partition coefficient (Wildman–Crippen LogP) is 5.93. The molecule has 1 aliphatic rings. The van der Waals surface area contributed by atoms with Gasteiger partial charge in [0.25, 0.3) is 0 Å². The fraction of sp³-hybridized carbons (Fsp3) is 0.250. The highest BCUT2D eigenvalue weighted by atomic mass is 35.5. The number of nitrogens with zero attached hydrogens (tertiary/aromatic N) is 2. The Morgan fingerprint density at radius 2 is 1.38 bits per heavy atom. The highest BCUT2D eigenvalue weighted by Gasteiger charge is 2.17. The van der Waals surface area contributed by atoms with Crippen LogP contribution in [-0.4, -0.2) is 31.1 Å². The van der Waals surface area contributed by atoms with Crippen molar-refractivity contribution in [1.29, 1.82) is 0 Å². The van der Waals surface area contributed by atoms with Crippen molar-refractivity contribution in [3.63, 3.8) is 0 Å². The minimum atomic E-state index is 0.607. The predicted molar refractivity (Wildman–Crippen MR) is 124 cm³/mol. The first-order valence-corrected chi connectivity index (χ1v) is 10.7. The van der Waals surface area contributed by atoms with E-state index >= 15 is 0 Å². The summed E-state index contributed by atoms with van der Waals surface area (Å²) in [7, 11) is 0. The normalized spacial score (nSPS) is 14.8. The summed E-state index contributed by atoms with van der Waals surface area (Å²) in [6.45, 7) is 5.90. The second-order valence-corrected chi connectivity index (χ2v) is 8.16. The molecule has 0 bridgehead atoms. The van der Waals surface area contributed by atoms with Gasteiger partial charge in [-0.2, -0.15) is 0 Å². The van der Waals surface area contributed by atoms with Crippen LogP contribution >= 0.6 is 23.2 Å². The Balaban J connectivity index is 1.29. The molecule has 29 heavy (non-hydrogen) atoms. The van der Waals surface area contributed by atoms with E-state index in [2.05, 4.69) is 69.7 Å². The SMILES string of the molecule is Clc1cccc(Cl)c1CNc1ccc(N2CCN(Cc3ccccc3)CC2)cc1. The van der Waals surface area contributed by atoms with Crippen molar-refractivity contribution in [3.8, 4) is 0 Å². The van der Waals surface area contributed by atoms with Gasteiger partial charge in [0.2, 0.25) is 0 Å². The van der Waals surface area contributed by atoms with Crippen LogP contribution in [0, 0.1) is 0 Å². The maximum atomic E-state index is 6.25. The largest absolute Gasteiger partial charge is 0.381 e. The minimum absolute atomic E-state index is 0.607. The van der Waals surface area contributed by atoms with Crippen molar-refractivity contribution in [2.24, 2.45) is 0 Å². The van der Waals surface area contributed by atoms with E-state index in [1.807, 2.05) is 18.2 Å². The number of nitrogens with one attached hydrogen (secondary N) is 1. The van der Waals surface area contributed by atoms with Gasteiger partial charge in [0.15, 0.2) is 0 Å². The lowest BCUT2D eigenvalue weighted by atomic mass is 10.2. The molecule has 3 aromatic carbocycles. The Labute approximate surface area is 182 Å². The van der Waals surface area contributed by atoms with E-state index in [9.17, 15) is 0 Å². The number of hydrogen-bond acceptors (Lipinski definition) is 3. The van der Waals surface area contributed by atoms with Crippen LogP contribution in [-0.2, 0) is 13.1 Å². The van der Waals surface area contributed by atoms with Crippen LogP contribution in [0.4, 0.5) is 11.4 Å². The molecule has 0 atom stereocenters. The van der Waals surface area contributed by atoms with Gasteiger partial charge in [-0.25, -0.2) is 0 Å². The second kappa shape index (κ2) is 9.53. The molecule has 0 unspecified atom stereocenters. The van der Waals surface area contributed by atoms with Gasteiger partial charge in [-0.05, 0) is 42.0 Å². The van der Waals surface area contributed by atoms with Crippen LogP contribution in [0.25, 0.3) is 0 Å². The van der Waals surface area contributed by atoms with Gasteiger partial charge < -0.3 is 10.2 Å². The molecule has 1 fully saturated rings. The number of halogens is 2. The number of anilines is 2. The third kappa shape index (κ3) is 5.24. The van der Waals surface area contributed by atoms with E-state index in [1.54, 1.807) is 0 Å². The smallest absolute Gasteiger partial charge is 0.0470 e. The lowest BCUT2D eigenvalue weighted by Gasteiger charge is -2.36. The van der Waals surface area contributed by atoms with Gasteiger partial charge in [0.1, 0.15) is 0 Å². The molecule has 0 spiro atoms. The monoisotopic (exact) mass is 425 g/mol. The molecular weight excluding hydrogens is 401 g/mol. The standard InChI is InChI=1S/C24H25Cl2N3/c25-23-7-4-8-24(26)22(23)17-27-20-9-11-21(12-10-20)29-15-13-28(14-16-29)18-19-5-2-1-3-6-19/h1-12,27H,13-18H2. The number of rotatable bonds is 6. The molecule has 0 aromatic heterocycles. The summed E-state index contributed by atoms with van der Waals surface area (Å²) in [6, 6.07) is 24.9. The van der Waals surface area contributed by atoms with E-state index in [0.29, 0.717) is 16.6 Å². The van der Waals surface area contributed by atoms with Crippen LogP contribution in [0.3, 0.4) is 0 Å². The summed E-state index contributed by atoms with van der Waals surface area (Å²) < 4.78 is 0. The number of benzene rings is 3. The van der Waals surface area contributed by atoms with E-state index in [-0.39, 0.29) is 0 Å². The van der Waals surface area contributed by atoms with Crippen LogP contribution in [0.1, 0.15) is 11.1 Å². The molecule has 3 nitrogen and oxygen atoms in total. The van der Waals surface area contributed by atoms with Gasteiger partial charge in [-0.1, -0.05) is 59.6 Å². The van der Waals surface area contributed by atoms with Gasteiger partial charge >= 0.3 is 0 Å². The Morgan fingerprint density at radius 3 is 2.03 bits per heavy atom. The lowest BCUT2D eigenvalue weighted by Crippen LogP contribution is -2.45. The fourth-order valence-electron chi connectivity index (χ4n) is 3.69. The van der Waals surface area contributed by atoms with Crippen molar-refractivity contribution >= 4 is 34.6 Å². The van der Waals surface area contributed by atoms with Crippen molar-refractivity contribution in [1.82, 2.24) is 4.90 Å². The van der Waals surface area contributed by atoms with Crippen molar-refractivity contribution in [2.45, 2.75) is 13.1 Å². The first kappa shape index (κ1) is 20.1. The molecule has 1 N–H and O–H groups in total. The zero-order valence-corrected chi connectivity index (χ0v) is 17.8. The molecule has 0 amide bonds. The molecule has 0 aliphatic carbocycles. The van der Waals surface area contributed by atoms with Crippen molar-refractivity contribution in [2.75, 3.05) is 36.4 Å². The van der Waals surface area contributed by atoms with Gasteiger partial charge in [0.05, 0.1) is 0 Å². The highest BCUT2D eigenvalue weighted by molar-refractivity contribution is 6.36. The quantitative estimate of drug-likeness (QED) is 0.527. The average Bonchev–Trinajstić information content (AvgIpc) is 2.75. The maximum Gasteiger partial charge on any atom is 0.0470 e. The Kier molecular flexibility index (Phi) is 6.60. The molecular formula is C24H25Cl2N3. The Hall–Kier alpha value is -2.20. The topological polar surface area (TPSA) is 18.5 Å². The third-order valence-electron chi connectivity index (χ3n) is 5.38. The summed E-state index contributed by atoms with van der Waals surface area (Å²) in [6.07, 6.45) is 0. The molecule has 4 rings (SSSR count). The van der Waals surface area contributed by atoms with Gasteiger partial charge in [-0.15, -0.1) is 0 Å². The van der Waals surface area contributed by atoms with E-state index in [0.717, 1.165) is 44.0 Å². The maximum absolute atomic E-state index is 6.25. The first-order valence-electron chi connectivity index (χ1n) is 9.97. The summed E-state index contributed by atoms with van der Waals surface area (Å²) in [5.74, 6) is 0. The second-order valence-electron chi connectivity index (χ2n) is 7.35. The molecule has 3 aromatic rings. The molecule has 0 radical (unpaired) electrons. The average molecular weight is 426 g/mol. The van der Waals surface area contributed by atoms with Gasteiger partial charge in [0, 0.05) is 66.3 Å². The Bertz CT molecular complexity index is 900. The number of piperazine rings is 1. The Morgan fingerprint density at radius 1 is 0.724 bits per heavy atom. The van der Waals surface area contributed by atoms with E-state index < -0.39 is 0 Å². The zero-order valence-electron chi connectivity index (χ0n) is 16.3. The zero-order chi connectivity index (χ0) is 20.1. The minimum Gasteiger partial charge on any atom is -0.381 e. The summed E-state index contributed by atoms with van der Waals surface area (Å²) in [5.41, 5.74) is 4.64. The van der Waals surface area contributed by atoms with E-state index in [4.69, 9.17) is 23.2 Å². The molecule has 0 saturated carbocycles. The number of hydrogen-bond donors (Lipinski definition) is 1. The molecule has 5 heteroatoms. The van der Waals surface area contributed by atoms with E-state index in [1.165, 1.54) is 11.3 Å². The molecule has 1 aliphatic heterocycles. The summed E-state index contributed by atoms with van der Waals surface area (Å²) in [5, 5.41) is 4.79. The first-order chi connectivity index (χ1) is 14.2. The molecule has 1 saturated heterocycles. The van der Waals surface area contributed by atoms with Crippen molar-refractivity contribution < 1.29 is 0 Å².